The van der Waals surface area contributed by atoms with E-state index < -0.39 is 0 Å². The molecule has 0 aromatic heterocycles. The molecule has 1 saturated heterocycles. The number of hydrogen-bond acceptors (Lipinski definition) is 2. The maximum absolute atomic E-state index is 13.3. The van der Waals surface area contributed by atoms with Gasteiger partial charge in [0.15, 0.2) is 5.78 Å². The lowest BCUT2D eigenvalue weighted by molar-refractivity contribution is -0.122. The average molecular weight is 249 g/mol. The molecule has 0 amide bonds. The number of carbonyl (C=O) groups is 1. The first-order chi connectivity index (χ1) is 8.59. The van der Waals surface area contributed by atoms with Crippen LogP contribution in [0.5, 0.6) is 0 Å². The zero-order chi connectivity index (χ0) is 13.1. The predicted molar refractivity (Wildman–Crippen MR) is 70.0 cm³/mol. The van der Waals surface area contributed by atoms with Crippen molar-refractivity contribution in [2.24, 2.45) is 0 Å². The van der Waals surface area contributed by atoms with E-state index in [0.29, 0.717) is 5.56 Å². The van der Waals surface area contributed by atoms with E-state index >= 15 is 0 Å². The van der Waals surface area contributed by atoms with E-state index in [2.05, 4.69) is 4.90 Å². The van der Waals surface area contributed by atoms with E-state index in [1.165, 1.54) is 12.5 Å². The summed E-state index contributed by atoms with van der Waals surface area (Å²) in [6.07, 6.45) is 3.53. The monoisotopic (exact) mass is 249 g/mol. The third-order valence-electron chi connectivity index (χ3n) is 3.64. The van der Waals surface area contributed by atoms with Gasteiger partial charge in [-0.25, -0.2) is 4.39 Å². The van der Waals surface area contributed by atoms with E-state index in [9.17, 15) is 9.18 Å². The van der Waals surface area contributed by atoms with Gasteiger partial charge in [0.1, 0.15) is 5.82 Å². The van der Waals surface area contributed by atoms with Crippen LogP contribution in [-0.2, 0) is 4.79 Å². The molecular weight excluding hydrogens is 229 g/mol. The molecule has 0 bridgehead atoms. The lowest BCUT2D eigenvalue weighted by Gasteiger charge is -2.33. The number of benzene rings is 1. The maximum atomic E-state index is 13.3. The van der Waals surface area contributed by atoms with Crippen LogP contribution in [0.25, 0.3) is 0 Å². The van der Waals surface area contributed by atoms with Crippen LogP contribution >= 0.6 is 0 Å². The summed E-state index contributed by atoms with van der Waals surface area (Å²) >= 11 is 0. The summed E-state index contributed by atoms with van der Waals surface area (Å²) in [5.74, 6) is -0.0670. The smallest absolute Gasteiger partial charge is 0.151 e. The van der Waals surface area contributed by atoms with Gasteiger partial charge < -0.3 is 0 Å². The summed E-state index contributed by atoms with van der Waals surface area (Å²) < 4.78 is 13.3. The standard InChI is InChI=1S/C15H20FNO/c1-11-10-13(6-7-14(11)16)15(12(2)18)17-8-4-3-5-9-17/h6-7,10,15H,3-5,8-9H2,1-2H3. The number of ketones is 1. The Hall–Kier alpha value is -1.22. The van der Waals surface area contributed by atoms with Crippen LogP contribution in [-0.4, -0.2) is 23.8 Å². The van der Waals surface area contributed by atoms with Crippen LogP contribution in [0.2, 0.25) is 0 Å². The number of halogens is 1. The van der Waals surface area contributed by atoms with Crippen molar-refractivity contribution in [3.63, 3.8) is 0 Å². The van der Waals surface area contributed by atoms with Crippen molar-refractivity contribution in [2.45, 2.75) is 39.2 Å². The molecule has 1 aromatic rings. The van der Waals surface area contributed by atoms with Gasteiger partial charge in [-0.3, -0.25) is 9.69 Å². The second kappa shape index (κ2) is 5.61. The molecule has 98 valence electrons. The number of nitrogens with zero attached hydrogens (tertiary/aromatic N) is 1. The Labute approximate surface area is 108 Å². The molecule has 1 heterocycles. The van der Waals surface area contributed by atoms with E-state index in [-0.39, 0.29) is 17.6 Å². The lowest BCUT2D eigenvalue weighted by Crippen LogP contribution is -2.37. The van der Waals surface area contributed by atoms with Gasteiger partial charge >= 0.3 is 0 Å². The maximum Gasteiger partial charge on any atom is 0.151 e. The number of carbonyl (C=O) groups excluding carboxylic acids is 1. The third-order valence-corrected chi connectivity index (χ3v) is 3.64. The number of hydrogen-bond donors (Lipinski definition) is 0. The van der Waals surface area contributed by atoms with E-state index in [0.717, 1.165) is 31.5 Å². The summed E-state index contributed by atoms with van der Waals surface area (Å²) in [6, 6.07) is 4.80. The highest BCUT2D eigenvalue weighted by Crippen LogP contribution is 2.26. The molecule has 1 aliphatic heterocycles. The van der Waals surface area contributed by atoms with Gasteiger partial charge in [-0.2, -0.15) is 0 Å². The van der Waals surface area contributed by atoms with Crippen molar-refractivity contribution in [1.29, 1.82) is 0 Å². The molecule has 1 aliphatic rings. The SMILES string of the molecule is CC(=O)C(c1ccc(F)c(C)c1)N1CCCCC1. The Kier molecular flexibility index (Phi) is 4.12. The van der Waals surface area contributed by atoms with Gasteiger partial charge in [-0.15, -0.1) is 0 Å². The van der Waals surface area contributed by atoms with Gasteiger partial charge in [0.25, 0.3) is 0 Å². The highest BCUT2D eigenvalue weighted by atomic mass is 19.1. The van der Waals surface area contributed by atoms with Crippen molar-refractivity contribution < 1.29 is 9.18 Å². The largest absolute Gasteiger partial charge is 0.298 e. The van der Waals surface area contributed by atoms with Crippen molar-refractivity contribution in [3.05, 3.63) is 35.1 Å². The minimum absolute atomic E-state index is 0.142. The number of rotatable bonds is 3. The molecule has 0 radical (unpaired) electrons. The summed E-state index contributed by atoms with van der Waals surface area (Å²) in [7, 11) is 0. The molecule has 0 N–H and O–H groups in total. The van der Waals surface area contributed by atoms with E-state index in [1.54, 1.807) is 26.0 Å². The summed E-state index contributed by atoms with van der Waals surface area (Å²) in [5, 5.41) is 0. The Morgan fingerprint density at radius 2 is 1.94 bits per heavy atom. The normalized spacial score (nSPS) is 18.6. The topological polar surface area (TPSA) is 20.3 Å². The van der Waals surface area contributed by atoms with Crippen molar-refractivity contribution >= 4 is 5.78 Å². The fourth-order valence-corrected chi connectivity index (χ4v) is 2.72. The summed E-state index contributed by atoms with van der Waals surface area (Å²) in [4.78, 5) is 14.1. The van der Waals surface area contributed by atoms with Gasteiger partial charge in [-0.05, 0) is 57.0 Å². The zero-order valence-corrected chi connectivity index (χ0v) is 11.1. The fraction of sp³-hybridized carbons (Fsp3) is 0.533. The van der Waals surface area contributed by atoms with Gasteiger partial charge in [0.05, 0.1) is 6.04 Å². The third kappa shape index (κ3) is 2.78. The fourth-order valence-electron chi connectivity index (χ4n) is 2.72. The second-order valence-electron chi connectivity index (χ2n) is 5.12. The average Bonchev–Trinajstić information content (AvgIpc) is 2.35. The molecule has 2 nitrogen and oxygen atoms in total. The van der Waals surface area contributed by atoms with Gasteiger partial charge in [0, 0.05) is 0 Å². The molecule has 0 aliphatic carbocycles. The highest BCUT2D eigenvalue weighted by Gasteiger charge is 2.26. The molecule has 2 rings (SSSR count). The Balaban J connectivity index is 2.28. The van der Waals surface area contributed by atoms with Crippen LogP contribution in [0.4, 0.5) is 4.39 Å². The summed E-state index contributed by atoms with van der Waals surface area (Å²) in [5.41, 5.74) is 1.53. The van der Waals surface area contributed by atoms with Crippen molar-refractivity contribution in [2.75, 3.05) is 13.1 Å². The first kappa shape index (κ1) is 13.2. The minimum Gasteiger partial charge on any atom is -0.298 e. The number of aryl methyl sites for hydroxylation is 1. The first-order valence-corrected chi connectivity index (χ1v) is 6.60. The lowest BCUT2D eigenvalue weighted by atomic mass is 9.97. The molecule has 3 heteroatoms. The summed E-state index contributed by atoms with van der Waals surface area (Å²) in [6.45, 7) is 5.28. The van der Waals surface area contributed by atoms with Crippen molar-refractivity contribution in [3.8, 4) is 0 Å². The molecule has 0 saturated carbocycles. The quantitative estimate of drug-likeness (QED) is 0.819. The van der Waals surface area contributed by atoms with Crippen LogP contribution in [0.15, 0.2) is 18.2 Å². The number of Topliss-reactive ketones (excluding diaryl/α,β-unsaturated/α-hetero) is 1. The molecule has 1 atom stereocenters. The molecule has 1 aromatic carbocycles. The Morgan fingerprint density at radius 1 is 1.28 bits per heavy atom. The Morgan fingerprint density at radius 3 is 2.50 bits per heavy atom. The van der Waals surface area contributed by atoms with E-state index in [4.69, 9.17) is 0 Å². The van der Waals surface area contributed by atoms with Gasteiger partial charge in [-0.1, -0.05) is 18.6 Å². The van der Waals surface area contributed by atoms with Crippen LogP contribution in [0.1, 0.15) is 43.4 Å². The molecule has 18 heavy (non-hydrogen) atoms. The second-order valence-corrected chi connectivity index (χ2v) is 5.12. The number of likely N-dealkylation sites (tertiary alicyclic amines) is 1. The zero-order valence-electron chi connectivity index (χ0n) is 11.1. The highest BCUT2D eigenvalue weighted by molar-refractivity contribution is 5.83. The molecular formula is C15H20FNO. The van der Waals surface area contributed by atoms with Crippen LogP contribution < -0.4 is 0 Å². The van der Waals surface area contributed by atoms with Gasteiger partial charge in [0.2, 0.25) is 0 Å². The van der Waals surface area contributed by atoms with E-state index in [1.807, 2.05) is 0 Å². The van der Waals surface area contributed by atoms with Crippen molar-refractivity contribution in [1.82, 2.24) is 4.90 Å². The molecule has 0 spiro atoms. The number of piperidine rings is 1. The van der Waals surface area contributed by atoms with Crippen LogP contribution in [0.3, 0.4) is 0 Å². The van der Waals surface area contributed by atoms with Crippen LogP contribution in [0, 0.1) is 12.7 Å². The first-order valence-electron chi connectivity index (χ1n) is 6.60. The Bertz CT molecular complexity index is 438. The molecule has 1 fully saturated rings. The minimum atomic E-state index is -0.209. The molecule has 1 unspecified atom stereocenters. The predicted octanol–water partition coefficient (Wildman–Crippen LogP) is 3.25.